The summed E-state index contributed by atoms with van der Waals surface area (Å²) in [6.07, 6.45) is 5.23. The lowest BCUT2D eigenvalue weighted by molar-refractivity contribution is -0.122. The highest BCUT2D eigenvalue weighted by molar-refractivity contribution is 5.78. The lowest BCUT2D eigenvalue weighted by Gasteiger charge is -2.18. The molecule has 1 fully saturated rings. The number of carbonyl (C=O) groups is 1. The van der Waals surface area contributed by atoms with E-state index in [1.54, 1.807) is 0 Å². The van der Waals surface area contributed by atoms with Crippen molar-refractivity contribution in [1.29, 1.82) is 0 Å². The van der Waals surface area contributed by atoms with E-state index in [9.17, 15) is 9.90 Å². The van der Waals surface area contributed by atoms with E-state index in [4.69, 9.17) is 0 Å². The van der Waals surface area contributed by atoms with Gasteiger partial charge in [-0.05, 0) is 19.8 Å². The summed E-state index contributed by atoms with van der Waals surface area (Å²) < 4.78 is 0. The van der Waals surface area contributed by atoms with Crippen molar-refractivity contribution >= 4 is 5.91 Å². The Morgan fingerprint density at radius 3 is 2.88 bits per heavy atom. The second-order valence-corrected chi connectivity index (χ2v) is 5.14. The predicted octanol–water partition coefficient (Wildman–Crippen LogP) is 1.14. The van der Waals surface area contributed by atoms with Crippen LogP contribution in [0.15, 0.2) is 0 Å². The fraction of sp³-hybridized carbons (Fsp3) is 0.923. The van der Waals surface area contributed by atoms with Gasteiger partial charge in [-0.25, -0.2) is 0 Å². The minimum Gasteiger partial charge on any atom is -0.392 e. The van der Waals surface area contributed by atoms with Gasteiger partial charge in [0.1, 0.15) is 0 Å². The number of aliphatic hydroxyl groups is 1. The fourth-order valence-electron chi connectivity index (χ4n) is 2.25. The summed E-state index contributed by atoms with van der Waals surface area (Å²) in [6, 6.07) is 0.265. The van der Waals surface area contributed by atoms with Crippen molar-refractivity contribution in [3.05, 3.63) is 0 Å². The molecule has 0 aromatic carbocycles. The maximum atomic E-state index is 11.7. The molecule has 0 spiro atoms. The molecular weight excluding hydrogens is 216 g/mol. The molecule has 0 aromatic heterocycles. The first-order chi connectivity index (χ1) is 8.11. The molecule has 1 rings (SSSR count). The minimum absolute atomic E-state index is 0.0862. The Kier molecular flexibility index (Phi) is 6.52. The smallest absolute Gasteiger partial charge is 0.234 e. The molecule has 2 N–H and O–H groups in total. The van der Waals surface area contributed by atoms with Crippen LogP contribution in [0.4, 0.5) is 0 Å². The van der Waals surface area contributed by atoms with Gasteiger partial charge in [0.05, 0.1) is 12.6 Å². The van der Waals surface area contributed by atoms with E-state index in [-0.39, 0.29) is 18.1 Å². The molecule has 4 heteroatoms. The maximum Gasteiger partial charge on any atom is 0.234 e. The van der Waals surface area contributed by atoms with Gasteiger partial charge in [-0.1, -0.05) is 26.2 Å². The van der Waals surface area contributed by atoms with E-state index in [0.717, 1.165) is 19.4 Å². The zero-order chi connectivity index (χ0) is 12.7. The number of rotatable bonds is 7. The lowest BCUT2D eigenvalue weighted by Crippen LogP contribution is -2.40. The second kappa shape index (κ2) is 7.67. The molecule has 0 radical (unpaired) electrons. The van der Waals surface area contributed by atoms with Crippen LogP contribution in [-0.2, 0) is 4.79 Å². The van der Waals surface area contributed by atoms with E-state index >= 15 is 0 Å². The molecule has 0 saturated carbocycles. The number of unbranched alkanes of at least 4 members (excludes halogenated alkanes) is 2. The Balaban J connectivity index is 2.11. The highest BCUT2D eigenvalue weighted by Crippen LogP contribution is 2.08. The van der Waals surface area contributed by atoms with Crippen molar-refractivity contribution in [2.75, 3.05) is 19.6 Å². The Morgan fingerprint density at radius 2 is 2.29 bits per heavy atom. The first-order valence-corrected chi connectivity index (χ1v) is 6.81. The first kappa shape index (κ1) is 14.5. The maximum absolute atomic E-state index is 11.7. The van der Waals surface area contributed by atoms with Gasteiger partial charge in [0, 0.05) is 19.1 Å². The fourth-order valence-corrected chi connectivity index (χ4v) is 2.25. The Labute approximate surface area is 104 Å². The number of nitrogens with one attached hydrogen (secondary N) is 1. The van der Waals surface area contributed by atoms with Gasteiger partial charge >= 0.3 is 0 Å². The number of hydrogen-bond donors (Lipinski definition) is 2. The standard InChI is InChI=1S/C13H26N2O2/c1-3-4-5-6-11(2)14-13(17)10-15-8-7-12(16)9-15/h11-12,16H,3-10H2,1-2H3,(H,14,17)/t11?,12-/m1/s1. The summed E-state index contributed by atoms with van der Waals surface area (Å²) in [5.41, 5.74) is 0. The quantitative estimate of drug-likeness (QED) is 0.658. The van der Waals surface area contributed by atoms with Crippen molar-refractivity contribution < 1.29 is 9.90 Å². The second-order valence-electron chi connectivity index (χ2n) is 5.14. The molecule has 1 aliphatic heterocycles. The monoisotopic (exact) mass is 242 g/mol. The van der Waals surface area contributed by atoms with Gasteiger partial charge in [0.15, 0.2) is 0 Å². The third kappa shape index (κ3) is 6.03. The average molecular weight is 242 g/mol. The van der Waals surface area contributed by atoms with Crippen LogP contribution in [0.3, 0.4) is 0 Å². The molecular formula is C13H26N2O2. The molecule has 1 unspecified atom stereocenters. The van der Waals surface area contributed by atoms with Crippen molar-refractivity contribution in [2.45, 2.75) is 58.1 Å². The summed E-state index contributed by atoms with van der Waals surface area (Å²) in [6.45, 7) is 6.14. The third-order valence-electron chi connectivity index (χ3n) is 3.26. The van der Waals surface area contributed by atoms with Crippen molar-refractivity contribution in [3.63, 3.8) is 0 Å². The molecule has 0 aliphatic carbocycles. The number of nitrogens with zero attached hydrogens (tertiary/aromatic N) is 1. The first-order valence-electron chi connectivity index (χ1n) is 6.81. The topological polar surface area (TPSA) is 52.6 Å². The largest absolute Gasteiger partial charge is 0.392 e. The summed E-state index contributed by atoms with van der Waals surface area (Å²) in [4.78, 5) is 13.7. The summed E-state index contributed by atoms with van der Waals surface area (Å²) in [5, 5.41) is 12.4. The number of hydrogen-bond acceptors (Lipinski definition) is 3. The van der Waals surface area contributed by atoms with Crippen LogP contribution in [0.25, 0.3) is 0 Å². The van der Waals surface area contributed by atoms with Gasteiger partial charge in [-0.2, -0.15) is 0 Å². The molecule has 4 nitrogen and oxygen atoms in total. The minimum atomic E-state index is -0.246. The molecule has 1 aliphatic rings. The molecule has 17 heavy (non-hydrogen) atoms. The average Bonchev–Trinajstić information content (AvgIpc) is 2.64. The van der Waals surface area contributed by atoms with Gasteiger partial charge in [-0.3, -0.25) is 9.69 Å². The van der Waals surface area contributed by atoms with E-state index < -0.39 is 0 Å². The highest BCUT2D eigenvalue weighted by Gasteiger charge is 2.22. The lowest BCUT2D eigenvalue weighted by atomic mass is 10.1. The van der Waals surface area contributed by atoms with E-state index in [1.807, 2.05) is 4.90 Å². The SMILES string of the molecule is CCCCCC(C)NC(=O)CN1CC[C@@H](O)C1. The molecule has 100 valence electrons. The normalized spacial score (nSPS) is 22.6. The highest BCUT2D eigenvalue weighted by atomic mass is 16.3. The Morgan fingerprint density at radius 1 is 1.53 bits per heavy atom. The molecule has 1 amide bonds. The van der Waals surface area contributed by atoms with Crippen LogP contribution < -0.4 is 5.32 Å². The van der Waals surface area contributed by atoms with Gasteiger partial charge in [0.25, 0.3) is 0 Å². The zero-order valence-electron chi connectivity index (χ0n) is 11.1. The van der Waals surface area contributed by atoms with E-state index in [0.29, 0.717) is 13.1 Å². The number of aliphatic hydroxyl groups excluding tert-OH is 1. The van der Waals surface area contributed by atoms with E-state index in [2.05, 4.69) is 19.2 Å². The van der Waals surface area contributed by atoms with Crippen molar-refractivity contribution in [3.8, 4) is 0 Å². The zero-order valence-corrected chi connectivity index (χ0v) is 11.1. The summed E-state index contributed by atoms with van der Waals surface area (Å²) >= 11 is 0. The van der Waals surface area contributed by atoms with Gasteiger partial charge in [-0.15, -0.1) is 0 Å². The van der Waals surface area contributed by atoms with Crippen LogP contribution >= 0.6 is 0 Å². The van der Waals surface area contributed by atoms with Crippen LogP contribution in [0.2, 0.25) is 0 Å². The Hall–Kier alpha value is -0.610. The van der Waals surface area contributed by atoms with Crippen LogP contribution in [0.1, 0.15) is 46.0 Å². The van der Waals surface area contributed by atoms with Crippen LogP contribution in [0, 0.1) is 0 Å². The number of β-amino-alcohol motifs (C(OH)–C–C–N with tert-alkyl or cyclic N) is 1. The third-order valence-corrected chi connectivity index (χ3v) is 3.26. The summed E-state index contributed by atoms with van der Waals surface area (Å²) in [7, 11) is 0. The summed E-state index contributed by atoms with van der Waals surface area (Å²) in [5.74, 6) is 0.0862. The van der Waals surface area contributed by atoms with Crippen LogP contribution in [-0.4, -0.2) is 47.7 Å². The van der Waals surface area contributed by atoms with Crippen LogP contribution in [0.5, 0.6) is 0 Å². The van der Waals surface area contributed by atoms with Gasteiger partial charge < -0.3 is 10.4 Å². The number of likely N-dealkylation sites (tertiary alicyclic amines) is 1. The molecule has 1 heterocycles. The Bertz CT molecular complexity index is 233. The molecule has 1 saturated heterocycles. The number of carbonyl (C=O) groups excluding carboxylic acids is 1. The molecule has 0 bridgehead atoms. The van der Waals surface area contributed by atoms with Crippen molar-refractivity contribution in [1.82, 2.24) is 10.2 Å². The predicted molar refractivity (Wildman–Crippen MR) is 68.8 cm³/mol. The number of amides is 1. The van der Waals surface area contributed by atoms with Crippen molar-refractivity contribution in [2.24, 2.45) is 0 Å². The molecule has 2 atom stereocenters. The van der Waals surface area contributed by atoms with Gasteiger partial charge in [0.2, 0.25) is 5.91 Å². The molecule has 0 aromatic rings. The van der Waals surface area contributed by atoms with E-state index in [1.165, 1.54) is 19.3 Å².